The summed E-state index contributed by atoms with van der Waals surface area (Å²) < 4.78 is 30.5. The van der Waals surface area contributed by atoms with Crippen LogP contribution in [0.4, 0.5) is 8.78 Å². The number of aliphatic imine (C=N–C) groups is 2. The normalized spacial score (nSPS) is 20.3. The Bertz CT molecular complexity index is 1050. The van der Waals surface area contributed by atoms with Gasteiger partial charge in [-0.15, -0.1) is 0 Å². The number of aryl methyl sites for hydroxylation is 2. The molecule has 1 amide bonds. The van der Waals surface area contributed by atoms with E-state index in [-0.39, 0.29) is 18.6 Å². The Labute approximate surface area is 174 Å². The zero-order valence-corrected chi connectivity index (χ0v) is 17.4. The molecule has 1 aromatic heterocycles. The van der Waals surface area contributed by atoms with Crippen molar-refractivity contribution in [3.63, 3.8) is 0 Å². The number of imidazole rings is 1. The Morgan fingerprint density at radius 1 is 1.27 bits per heavy atom. The van der Waals surface area contributed by atoms with Gasteiger partial charge in [-0.05, 0) is 49.9 Å². The largest absolute Gasteiger partial charge is 0.342 e. The molecule has 1 N–H and O–H groups in total. The number of carbonyl (C=O) groups is 1. The molecular formula is C22H25F2N5O. The van der Waals surface area contributed by atoms with Gasteiger partial charge in [0.2, 0.25) is 0 Å². The Balaban J connectivity index is 1.73. The average molecular weight is 413 g/mol. The Hall–Kier alpha value is -2.90. The fraction of sp³-hybridized carbons (Fsp3) is 0.455. The van der Waals surface area contributed by atoms with Gasteiger partial charge in [0.25, 0.3) is 11.8 Å². The Morgan fingerprint density at radius 3 is 2.77 bits per heavy atom. The first-order chi connectivity index (χ1) is 14.3. The van der Waals surface area contributed by atoms with E-state index in [2.05, 4.69) is 20.3 Å². The van der Waals surface area contributed by atoms with Crippen molar-refractivity contribution in [1.82, 2.24) is 14.9 Å². The second-order valence-electron chi connectivity index (χ2n) is 8.04. The number of carbonyl (C=O) groups excluding carboxylic acids is 1. The van der Waals surface area contributed by atoms with E-state index in [1.807, 2.05) is 37.6 Å². The first-order valence-corrected chi connectivity index (χ1v) is 10.2. The molecule has 0 bridgehead atoms. The van der Waals surface area contributed by atoms with Crippen molar-refractivity contribution in [2.24, 2.45) is 17.0 Å². The van der Waals surface area contributed by atoms with Crippen molar-refractivity contribution in [2.75, 3.05) is 0 Å². The van der Waals surface area contributed by atoms with E-state index in [1.165, 1.54) is 6.34 Å². The molecule has 1 saturated carbocycles. The minimum absolute atomic E-state index is 0.122. The fourth-order valence-electron chi connectivity index (χ4n) is 4.14. The third kappa shape index (κ3) is 3.66. The van der Waals surface area contributed by atoms with Crippen molar-refractivity contribution >= 4 is 18.0 Å². The van der Waals surface area contributed by atoms with Crippen LogP contribution in [0.15, 0.2) is 28.3 Å². The highest BCUT2D eigenvalue weighted by molar-refractivity contribution is 6.47. The molecule has 1 atom stereocenters. The highest BCUT2D eigenvalue weighted by Crippen LogP contribution is 2.34. The van der Waals surface area contributed by atoms with Gasteiger partial charge in [0.1, 0.15) is 17.9 Å². The molecule has 1 aliphatic heterocycles. The lowest BCUT2D eigenvalue weighted by atomic mass is 9.90. The number of rotatable bonds is 3. The van der Waals surface area contributed by atoms with Gasteiger partial charge in [-0.1, -0.05) is 6.42 Å². The zero-order chi connectivity index (χ0) is 21.5. The predicted octanol–water partition coefficient (Wildman–Crippen LogP) is 3.73. The summed E-state index contributed by atoms with van der Waals surface area (Å²) >= 11 is 0. The molecule has 0 saturated heterocycles. The molecular weight excluding hydrogens is 388 g/mol. The third-order valence-corrected chi connectivity index (χ3v) is 6.05. The number of nitrogens with one attached hydrogen (secondary N) is 1. The summed E-state index contributed by atoms with van der Waals surface area (Å²) in [6.45, 7) is 4.25. The number of hydrogen-bond donors (Lipinski definition) is 1. The van der Waals surface area contributed by atoms with E-state index in [9.17, 15) is 13.6 Å². The Kier molecular flexibility index (Phi) is 5.26. The maximum absolute atomic E-state index is 14.3. The van der Waals surface area contributed by atoms with Gasteiger partial charge >= 0.3 is 0 Å². The number of hydrogen-bond acceptors (Lipinski definition) is 4. The van der Waals surface area contributed by atoms with E-state index < -0.39 is 17.9 Å². The molecule has 0 unspecified atom stereocenters. The van der Waals surface area contributed by atoms with Crippen LogP contribution in [0, 0.1) is 13.8 Å². The highest BCUT2D eigenvalue weighted by atomic mass is 19.3. The van der Waals surface area contributed by atoms with Gasteiger partial charge in [-0.2, -0.15) is 0 Å². The maximum Gasteiger partial charge on any atom is 0.271 e. The SMILES string of the molecule is Cc1cc(-c2cnc(C)n2C)cc2c1CN=CN=C2C(=O)N[C@H]1CCCCC1(F)F. The second-order valence-corrected chi connectivity index (χ2v) is 8.04. The molecule has 1 aliphatic carbocycles. The molecule has 2 heterocycles. The van der Waals surface area contributed by atoms with Crippen LogP contribution in [-0.2, 0) is 18.4 Å². The van der Waals surface area contributed by atoms with Crippen molar-refractivity contribution in [3.05, 3.63) is 40.8 Å². The first-order valence-electron chi connectivity index (χ1n) is 10.2. The molecule has 4 rings (SSSR count). The predicted molar refractivity (Wildman–Crippen MR) is 112 cm³/mol. The van der Waals surface area contributed by atoms with Gasteiger partial charge in [0.05, 0.1) is 24.5 Å². The lowest BCUT2D eigenvalue weighted by molar-refractivity contribution is -0.121. The summed E-state index contributed by atoms with van der Waals surface area (Å²) in [5.41, 5.74) is 4.37. The smallest absolute Gasteiger partial charge is 0.271 e. The van der Waals surface area contributed by atoms with E-state index in [1.54, 1.807) is 6.20 Å². The number of amides is 1. The van der Waals surface area contributed by atoms with Crippen LogP contribution in [0.2, 0.25) is 0 Å². The van der Waals surface area contributed by atoms with Crippen LogP contribution in [-0.4, -0.2) is 39.5 Å². The quantitative estimate of drug-likeness (QED) is 0.833. The number of nitrogens with zero attached hydrogens (tertiary/aromatic N) is 4. The van der Waals surface area contributed by atoms with E-state index in [4.69, 9.17) is 0 Å². The van der Waals surface area contributed by atoms with Crippen LogP contribution >= 0.6 is 0 Å². The van der Waals surface area contributed by atoms with Crippen LogP contribution in [0.3, 0.4) is 0 Å². The van der Waals surface area contributed by atoms with Crippen LogP contribution < -0.4 is 5.32 Å². The Morgan fingerprint density at radius 2 is 2.07 bits per heavy atom. The highest BCUT2D eigenvalue weighted by Gasteiger charge is 2.42. The lowest BCUT2D eigenvalue weighted by Crippen LogP contribution is -2.51. The molecule has 158 valence electrons. The standard InChI is InChI=1S/C22H25F2N5O/c1-13-8-15(18-11-26-14(2)29(18)3)9-16-17(13)10-25-12-27-20(16)21(30)28-19-6-4-5-7-22(19,23)24/h8-9,11-12,19H,4-7,10H2,1-3H3,(H,28,30)/t19-/m0/s1. The van der Waals surface area contributed by atoms with E-state index in [0.717, 1.165) is 28.2 Å². The average Bonchev–Trinajstić information content (AvgIpc) is 2.90. The molecule has 8 heteroatoms. The fourth-order valence-corrected chi connectivity index (χ4v) is 4.14. The number of benzene rings is 1. The minimum atomic E-state index is -2.90. The maximum atomic E-state index is 14.3. The van der Waals surface area contributed by atoms with Crippen LogP contribution in [0.5, 0.6) is 0 Å². The lowest BCUT2D eigenvalue weighted by Gasteiger charge is -2.31. The number of fused-ring (bicyclic) bond motifs is 1. The molecule has 6 nitrogen and oxygen atoms in total. The summed E-state index contributed by atoms with van der Waals surface area (Å²) in [5, 5.41) is 2.54. The van der Waals surface area contributed by atoms with Gasteiger partial charge in [-0.3, -0.25) is 9.79 Å². The number of halogens is 2. The van der Waals surface area contributed by atoms with Crippen molar-refractivity contribution < 1.29 is 13.6 Å². The van der Waals surface area contributed by atoms with E-state index >= 15 is 0 Å². The zero-order valence-electron chi connectivity index (χ0n) is 17.4. The second kappa shape index (κ2) is 7.74. The molecule has 1 aromatic carbocycles. The topological polar surface area (TPSA) is 71.6 Å². The van der Waals surface area contributed by atoms with Crippen LogP contribution in [0.25, 0.3) is 11.3 Å². The summed E-state index contributed by atoms with van der Waals surface area (Å²) in [4.78, 5) is 25.9. The minimum Gasteiger partial charge on any atom is -0.342 e. The summed E-state index contributed by atoms with van der Waals surface area (Å²) in [7, 11) is 1.93. The summed E-state index contributed by atoms with van der Waals surface area (Å²) in [5.74, 6) is -2.62. The van der Waals surface area contributed by atoms with Gasteiger partial charge < -0.3 is 9.88 Å². The molecule has 1 fully saturated rings. The van der Waals surface area contributed by atoms with Crippen molar-refractivity contribution in [2.45, 2.75) is 58.0 Å². The van der Waals surface area contributed by atoms with Gasteiger partial charge in [0.15, 0.2) is 0 Å². The summed E-state index contributed by atoms with van der Waals surface area (Å²) in [6, 6.07) is 2.74. The number of aromatic nitrogens is 2. The molecule has 2 aliphatic rings. The number of alkyl halides is 2. The third-order valence-electron chi connectivity index (χ3n) is 6.05. The van der Waals surface area contributed by atoms with Gasteiger partial charge in [-0.25, -0.2) is 18.8 Å². The summed E-state index contributed by atoms with van der Waals surface area (Å²) in [6.07, 6.45) is 4.33. The van der Waals surface area contributed by atoms with E-state index in [0.29, 0.717) is 24.9 Å². The monoisotopic (exact) mass is 413 g/mol. The van der Waals surface area contributed by atoms with Gasteiger partial charge in [0, 0.05) is 24.6 Å². The molecule has 0 radical (unpaired) electrons. The van der Waals surface area contributed by atoms with Crippen molar-refractivity contribution in [3.8, 4) is 11.3 Å². The van der Waals surface area contributed by atoms with Crippen LogP contribution in [0.1, 0.15) is 48.2 Å². The van der Waals surface area contributed by atoms with Crippen molar-refractivity contribution in [1.29, 1.82) is 0 Å². The first kappa shape index (κ1) is 20.4. The molecule has 2 aromatic rings. The molecule has 30 heavy (non-hydrogen) atoms. The molecule has 0 spiro atoms.